The molecule has 1 amide bonds. The molecular formula is C11H11ClN4OS. The number of amides is 1. The lowest BCUT2D eigenvalue weighted by Crippen LogP contribution is -2.24. The maximum absolute atomic E-state index is 11.4. The van der Waals surface area contributed by atoms with Gasteiger partial charge in [0.15, 0.2) is 10.8 Å². The van der Waals surface area contributed by atoms with E-state index in [9.17, 15) is 4.79 Å². The van der Waals surface area contributed by atoms with Gasteiger partial charge >= 0.3 is 0 Å². The van der Waals surface area contributed by atoms with Crippen LogP contribution in [0.4, 0.5) is 0 Å². The number of H-pyrrole nitrogens is 1. The van der Waals surface area contributed by atoms with E-state index in [1.54, 1.807) is 12.1 Å². The minimum Gasteiger partial charge on any atom is -0.352 e. The number of halogens is 1. The Kier molecular flexibility index (Phi) is 4.22. The van der Waals surface area contributed by atoms with E-state index >= 15 is 0 Å². The molecule has 5 nitrogen and oxygen atoms in total. The van der Waals surface area contributed by atoms with Crippen molar-refractivity contribution < 1.29 is 4.79 Å². The Morgan fingerprint density at radius 2 is 2.50 bits per heavy atom. The number of pyridine rings is 1. The van der Waals surface area contributed by atoms with Crippen LogP contribution in [0.25, 0.3) is 11.2 Å². The highest BCUT2D eigenvalue weighted by Gasteiger charge is 2.07. The van der Waals surface area contributed by atoms with E-state index in [0.717, 1.165) is 5.52 Å². The molecule has 0 spiro atoms. The van der Waals surface area contributed by atoms with Crippen LogP contribution >= 0.6 is 23.4 Å². The van der Waals surface area contributed by atoms with Gasteiger partial charge < -0.3 is 10.3 Å². The van der Waals surface area contributed by atoms with Gasteiger partial charge in [-0.3, -0.25) is 4.79 Å². The molecule has 0 aliphatic rings. The molecule has 0 aliphatic heterocycles. The van der Waals surface area contributed by atoms with Crippen LogP contribution in [0.2, 0.25) is 5.02 Å². The Morgan fingerprint density at radius 3 is 3.28 bits per heavy atom. The number of aromatic amines is 1. The van der Waals surface area contributed by atoms with Crippen LogP contribution in [0, 0.1) is 0 Å². The number of rotatable bonds is 5. The van der Waals surface area contributed by atoms with Crippen LogP contribution < -0.4 is 5.32 Å². The molecule has 18 heavy (non-hydrogen) atoms. The molecule has 2 N–H and O–H groups in total. The van der Waals surface area contributed by atoms with E-state index in [0.29, 0.717) is 28.1 Å². The summed E-state index contributed by atoms with van der Waals surface area (Å²) in [6.45, 7) is 4.00. The van der Waals surface area contributed by atoms with Crippen molar-refractivity contribution in [1.82, 2.24) is 20.3 Å². The molecule has 2 rings (SSSR count). The molecule has 2 aromatic rings. The normalized spacial score (nSPS) is 10.5. The summed E-state index contributed by atoms with van der Waals surface area (Å²) in [5.41, 5.74) is 1.35. The number of thioether (sulfide) groups is 1. The highest BCUT2D eigenvalue weighted by Crippen LogP contribution is 2.20. The Hall–Kier alpha value is -1.53. The molecule has 2 aromatic heterocycles. The van der Waals surface area contributed by atoms with Crippen LogP contribution in [-0.2, 0) is 4.79 Å². The molecule has 0 saturated heterocycles. The summed E-state index contributed by atoms with van der Waals surface area (Å²) >= 11 is 7.14. The van der Waals surface area contributed by atoms with Gasteiger partial charge in [-0.15, -0.1) is 6.58 Å². The summed E-state index contributed by atoms with van der Waals surface area (Å²) in [7, 11) is 0. The summed E-state index contributed by atoms with van der Waals surface area (Å²) in [4.78, 5) is 22.8. The molecule has 0 atom stereocenters. The molecule has 0 aliphatic carbocycles. The average Bonchev–Trinajstić information content (AvgIpc) is 2.75. The first-order valence-corrected chi connectivity index (χ1v) is 6.57. The summed E-state index contributed by atoms with van der Waals surface area (Å²) < 4.78 is 0. The van der Waals surface area contributed by atoms with Gasteiger partial charge in [0, 0.05) is 12.7 Å². The maximum Gasteiger partial charge on any atom is 0.230 e. The Balaban J connectivity index is 1.99. The first-order chi connectivity index (χ1) is 8.69. The van der Waals surface area contributed by atoms with Gasteiger partial charge in [-0.1, -0.05) is 29.4 Å². The van der Waals surface area contributed by atoms with Gasteiger partial charge in [0.1, 0.15) is 0 Å². The first kappa shape index (κ1) is 12.9. The third-order valence-electron chi connectivity index (χ3n) is 2.07. The SMILES string of the molecule is C=CCNC(=O)CSc1nc2ncc(Cl)cc2[nH]1. The topological polar surface area (TPSA) is 70.7 Å². The fourth-order valence-electron chi connectivity index (χ4n) is 1.29. The highest BCUT2D eigenvalue weighted by molar-refractivity contribution is 7.99. The van der Waals surface area contributed by atoms with Gasteiger partial charge in [0.25, 0.3) is 0 Å². The summed E-state index contributed by atoms with van der Waals surface area (Å²) in [6, 6.07) is 1.75. The van der Waals surface area contributed by atoms with E-state index in [-0.39, 0.29) is 5.91 Å². The third-order valence-corrected chi connectivity index (χ3v) is 3.15. The predicted octanol–water partition coefficient (Wildman–Crippen LogP) is 2.01. The van der Waals surface area contributed by atoms with Crippen molar-refractivity contribution >= 4 is 40.4 Å². The molecule has 0 aromatic carbocycles. The quantitative estimate of drug-likeness (QED) is 0.650. The van der Waals surface area contributed by atoms with Crippen LogP contribution in [0.5, 0.6) is 0 Å². The zero-order chi connectivity index (χ0) is 13.0. The van der Waals surface area contributed by atoms with Crippen molar-refractivity contribution in [3.05, 3.63) is 29.9 Å². The van der Waals surface area contributed by atoms with E-state index < -0.39 is 0 Å². The second kappa shape index (κ2) is 5.88. The zero-order valence-corrected chi connectivity index (χ0v) is 11.0. The molecule has 0 saturated carbocycles. The summed E-state index contributed by atoms with van der Waals surface area (Å²) in [6.07, 6.45) is 3.17. The Bertz CT molecular complexity index is 583. The van der Waals surface area contributed by atoms with Crippen LogP contribution in [0.1, 0.15) is 0 Å². The predicted molar refractivity (Wildman–Crippen MR) is 72.8 cm³/mol. The lowest BCUT2D eigenvalue weighted by Gasteiger charge is -1.99. The Labute approximate surface area is 113 Å². The largest absolute Gasteiger partial charge is 0.352 e. The van der Waals surface area contributed by atoms with Gasteiger partial charge in [0.2, 0.25) is 5.91 Å². The highest BCUT2D eigenvalue weighted by atomic mass is 35.5. The van der Waals surface area contributed by atoms with E-state index in [4.69, 9.17) is 11.6 Å². The number of imidazole rings is 1. The molecule has 0 bridgehead atoms. The van der Waals surface area contributed by atoms with Crippen molar-refractivity contribution in [3.8, 4) is 0 Å². The van der Waals surface area contributed by atoms with Gasteiger partial charge in [-0.05, 0) is 6.07 Å². The summed E-state index contributed by atoms with van der Waals surface area (Å²) in [5.74, 6) is 0.229. The second-order valence-electron chi connectivity index (χ2n) is 3.45. The van der Waals surface area contributed by atoms with Crippen molar-refractivity contribution in [3.63, 3.8) is 0 Å². The Morgan fingerprint density at radius 1 is 1.67 bits per heavy atom. The second-order valence-corrected chi connectivity index (χ2v) is 4.85. The van der Waals surface area contributed by atoms with Crippen molar-refractivity contribution in [2.75, 3.05) is 12.3 Å². The van der Waals surface area contributed by atoms with Gasteiger partial charge in [-0.25, -0.2) is 9.97 Å². The molecule has 94 valence electrons. The third kappa shape index (κ3) is 3.24. The number of aromatic nitrogens is 3. The van der Waals surface area contributed by atoms with Gasteiger partial charge in [-0.2, -0.15) is 0 Å². The lowest BCUT2D eigenvalue weighted by atomic mass is 10.4. The lowest BCUT2D eigenvalue weighted by molar-refractivity contribution is -0.118. The smallest absolute Gasteiger partial charge is 0.230 e. The number of carbonyl (C=O) groups excluding carboxylic acids is 1. The monoisotopic (exact) mass is 282 g/mol. The minimum atomic E-state index is -0.0636. The maximum atomic E-state index is 11.4. The van der Waals surface area contributed by atoms with E-state index in [1.807, 2.05) is 0 Å². The van der Waals surface area contributed by atoms with Crippen molar-refractivity contribution in [2.24, 2.45) is 0 Å². The van der Waals surface area contributed by atoms with E-state index in [1.165, 1.54) is 18.0 Å². The molecule has 7 heteroatoms. The number of hydrogen-bond donors (Lipinski definition) is 2. The fourth-order valence-corrected chi connectivity index (χ4v) is 2.15. The standard InChI is InChI=1S/C11H11ClN4OS/c1-2-3-13-9(17)6-18-11-15-8-4-7(12)5-14-10(8)16-11/h2,4-5H,1,3,6H2,(H,13,17)(H,14,15,16). The number of fused-ring (bicyclic) bond motifs is 1. The number of hydrogen-bond acceptors (Lipinski definition) is 4. The number of carbonyl (C=O) groups is 1. The first-order valence-electron chi connectivity index (χ1n) is 5.20. The molecule has 0 unspecified atom stereocenters. The van der Waals surface area contributed by atoms with Crippen LogP contribution in [0.15, 0.2) is 30.1 Å². The van der Waals surface area contributed by atoms with Crippen molar-refractivity contribution in [2.45, 2.75) is 5.16 Å². The minimum absolute atomic E-state index is 0.0636. The van der Waals surface area contributed by atoms with Gasteiger partial charge in [0.05, 0.1) is 16.3 Å². The number of nitrogens with zero attached hydrogens (tertiary/aromatic N) is 2. The fraction of sp³-hybridized carbons (Fsp3) is 0.182. The number of nitrogens with one attached hydrogen (secondary N) is 2. The molecular weight excluding hydrogens is 272 g/mol. The van der Waals surface area contributed by atoms with Crippen LogP contribution in [-0.4, -0.2) is 33.2 Å². The molecule has 0 fully saturated rings. The average molecular weight is 283 g/mol. The molecule has 2 heterocycles. The zero-order valence-electron chi connectivity index (χ0n) is 9.44. The van der Waals surface area contributed by atoms with E-state index in [2.05, 4.69) is 26.8 Å². The van der Waals surface area contributed by atoms with Crippen LogP contribution in [0.3, 0.4) is 0 Å². The molecule has 0 radical (unpaired) electrons. The van der Waals surface area contributed by atoms with Crippen molar-refractivity contribution in [1.29, 1.82) is 0 Å². The summed E-state index contributed by atoms with van der Waals surface area (Å²) in [5, 5.41) is 3.88.